The molecular weight excluding hydrogens is 389 g/mol. The fourth-order valence-corrected chi connectivity index (χ4v) is 3.06. The number of rotatable bonds is 4. The average Bonchev–Trinajstić information content (AvgIpc) is 2.94. The highest BCUT2D eigenvalue weighted by molar-refractivity contribution is 6.30. The summed E-state index contributed by atoms with van der Waals surface area (Å²) in [6, 6.07) is 12.0. The zero-order valence-electron chi connectivity index (χ0n) is 14.5. The van der Waals surface area contributed by atoms with E-state index < -0.39 is 23.6 Å². The zero-order chi connectivity index (χ0) is 20.3. The van der Waals surface area contributed by atoms with E-state index in [0.717, 1.165) is 6.07 Å². The van der Waals surface area contributed by atoms with E-state index in [1.54, 1.807) is 12.1 Å². The highest BCUT2D eigenvalue weighted by atomic mass is 35.5. The third-order valence-electron chi connectivity index (χ3n) is 4.18. The van der Waals surface area contributed by atoms with Crippen molar-refractivity contribution in [2.75, 3.05) is 11.4 Å². The summed E-state index contributed by atoms with van der Waals surface area (Å²) in [4.78, 5) is 25.8. The van der Waals surface area contributed by atoms with E-state index in [1.807, 2.05) is 6.07 Å². The Morgan fingerprint density at radius 1 is 1.36 bits per heavy atom. The number of amides is 2. The smallest absolute Gasteiger partial charge is 0.407 e. The number of nitriles is 1. The van der Waals surface area contributed by atoms with Crippen molar-refractivity contribution in [3.8, 4) is 6.07 Å². The molecule has 1 aliphatic rings. The molecule has 1 fully saturated rings. The van der Waals surface area contributed by atoms with Gasteiger partial charge in [-0.1, -0.05) is 11.6 Å². The molecule has 3 rings (SSSR count). The summed E-state index contributed by atoms with van der Waals surface area (Å²) in [5, 5.41) is 21.8. The van der Waals surface area contributed by atoms with Crippen molar-refractivity contribution in [1.82, 2.24) is 5.32 Å². The molecule has 28 heavy (non-hydrogen) atoms. The minimum atomic E-state index is -2.31. The van der Waals surface area contributed by atoms with Crippen LogP contribution in [0.15, 0.2) is 42.5 Å². The van der Waals surface area contributed by atoms with Gasteiger partial charge in [-0.3, -0.25) is 4.79 Å². The van der Waals surface area contributed by atoms with Crippen LogP contribution in [0.25, 0.3) is 0 Å². The molecular formula is C19H15ClFN3O4. The summed E-state index contributed by atoms with van der Waals surface area (Å²) in [5.74, 6) is -3.65. The van der Waals surface area contributed by atoms with E-state index in [9.17, 15) is 19.1 Å². The molecule has 2 aromatic rings. The van der Waals surface area contributed by atoms with Gasteiger partial charge in [-0.2, -0.15) is 5.26 Å². The summed E-state index contributed by atoms with van der Waals surface area (Å²) in [6.07, 6.45) is -1.15. The zero-order valence-corrected chi connectivity index (χ0v) is 15.2. The number of aliphatic hydroxyl groups is 1. The number of nitrogens with one attached hydrogen (secondary N) is 1. The fourth-order valence-electron chi connectivity index (χ4n) is 2.82. The van der Waals surface area contributed by atoms with Crippen molar-refractivity contribution in [2.24, 2.45) is 0 Å². The van der Waals surface area contributed by atoms with Crippen molar-refractivity contribution in [1.29, 1.82) is 5.26 Å². The number of ether oxygens (including phenoxy) is 1. The molecule has 0 bridgehead atoms. The summed E-state index contributed by atoms with van der Waals surface area (Å²) < 4.78 is 18.2. The summed E-state index contributed by atoms with van der Waals surface area (Å²) in [5.41, 5.74) is 1.29. The van der Waals surface area contributed by atoms with Gasteiger partial charge in [0.15, 0.2) is 0 Å². The molecule has 1 atom stereocenters. The van der Waals surface area contributed by atoms with Crippen LogP contribution in [-0.4, -0.2) is 29.4 Å². The number of alkyl carbamates (subject to hydrolysis) is 1. The monoisotopic (exact) mass is 403 g/mol. The topological polar surface area (TPSA) is 103 Å². The van der Waals surface area contributed by atoms with E-state index in [4.69, 9.17) is 21.6 Å². The van der Waals surface area contributed by atoms with Gasteiger partial charge in [0.25, 0.3) is 11.7 Å². The van der Waals surface area contributed by atoms with Gasteiger partial charge >= 0.3 is 6.09 Å². The van der Waals surface area contributed by atoms with E-state index in [-0.39, 0.29) is 24.5 Å². The lowest BCUT2D eigenvalue weighted by Crippen LogP contribution is -2.46. The van der Waals surface area contributed by atoms with Crippen molar-refractivity contribution in [2.45, 2.75) is 18.8 Å². The maximum atomic E-state index is 13.3. The van der Waals surface area contributed by atoms with Crippen molar-refractivity contribution < 1.29 is 23.8 Å². The Morgan fingerprint density at radius 3 is 2.71 bits per heavy atom. The molecule has 1 saturated heterocycles. The molecule has 2 amide bonds. The van der Waals surface area contributed by atoms with Gasteiger partial charge < -0.3 is 20.1 Å². The number of carbonyl (C=O) groups is 2. The van der Waals surface area contributed by atoms with Crippen LogP contribution >= 0.6 is 11.6 Å². The molecule has 2 N–H and O–H groups in total. The molecule has 144 valence electrons. The van der Waals surface area contributed by atoms with Gasteiger partial charge in [0.05, 0.1) is 11.6 Å². The second-order valence-electron chi connectivity index (χ2n) is 6.17. The van der Waals surface area contributed by atoms with Gasteiger partial charge in [0.2, 0.25) is 0 Å². The molecule has 1 aliphatic heterocycles. The Bertz CT molecular complexity index is 940. The second-order valence-corrected chi connectivity index (χ2v) is 6.61. The highest BCUT2D eigenvalue weighted by Crippen LogP contribution is 2.29. The summed E-state index contributed by atoms with van der Waals surface area (Å²) in [7, 11) is 0. The van der Waals surface area contributed by atoms with Crippen LogP contribution in [0.2, 0.25) is 5.02 Å². The average molecular weight is 404 g/mol. The lowest BCUT2D eigenvalue weighted by Gasteiger charge is -2.22. The predicted molar refractivity (Wildman–Crippen MR) is 97.8 cm³/mol. The number of halogens is 2. The molecule has 7 nitrogen and oxygen atoms in total. The largest absolute Gasteiger partial charge is 0.410 e. The van der Waals surface area contributed by atoms with Crippen LogP contribution in [0, 0.1) is 17.1 Å². The fraction of sp³-hybridized carbons (Fsp3) is 0.211. The van der Waals surface area contributed by atoms with E-state index in [1.165, 1.54) is 29.2 Å². The maximum absolute atomic E-state index is 13.3. The van der Waals surface area contributed by atoms with Crippen molar-refractivity contribution in [3.05, 3.63) is 64.4 Å². The summed E-state index contributed by atoms with van der Waals surface area (Å²) >= 11 is 5.75. The maximum Gasteiger partial charge on any atom is 0.410 e. The number of hydrogen-bond donors (Lipinski definition) is 2. The Hall–Kier alpha value is -3.15. The normalized spacial score (nSPS) is 18.6. The molecule has 1 unspecified atom stereocenters. The lowest BCUT2D eigenvalue weighted by atomic mass is 10.2. The first-order chi connectivity index (χ1) is 13.3. The molecule has 2 aromatic carbocycles. The van der Waals surface area contributed by atoms with Gasteiger partial charge in [-0.05, 0) is 48.0 Å². The van der Waals surface area contributed by atoms with E-state index in [2.05, 4.69) is 5.32 Å². The Balaban J connectivity index is 1.62. The van der Waals surface area contributed by atoms with Crippen LogP contribution in [0.3, 0.4) is 0 Å². The highest BCUT2D eigenvalue weighted by Gasteiger charge is 2.49. The molecule has 9 heteroatoms. The third kappa shape index (κ3) is 4.22. The molecule has 0 aromatic heterocycles. The molecule has 0 aliphatic carbocycles. The van der Waals surface area contributed by atoms with Gasteiger partial charge in [0.1, 0.15) is 5.82 Å². The number of hydrogen-bond acceptors (Lipinski definition) is 5. The Kier molecular flexibility index (Phi) is 5.49. The second kappa shape index (κ2) is 7.84. The summed E-state index contributed by atoms with van der Waals surface area (Å²) in [6.45, 7) is 0.0357. The van der Waals surface area contributed by atoms with Gasteiger partial charge in [-0.15, -0.1) is 0 Å². The first kappa shape index (κ1) is 19.6. The third-order valence-corrected chi connectivity index (χ3v) is 4.40. The van der Waals surface area contributed by atoms with Crippen molar-refractivity contribution in [3.63, 3.8) is 0 Å². The van der Waals surface area contributed by atoms with Gasteiger partial charge in [0, 0.05) is 30.2 Å². The van der Waals surface area contributed by atoms with Gasteiger partial charge in [-0.25, -0.2) is 9.18 Å². The molecule has 0 radical (unpaired) electrons. The number of carbonyl (C=O) groups excluding carboxylic acids is 2. The SMILES string of the molecule is N#Cc1ccc(N2CCC(O)(OC(=O)NCc3cc(F)cc(Cl)c3)C2=O)cc1. The van der Waals surface area contributed by atoms with E-state index >= 15 is 0 Å². The number of anilines is 1. The lowest BCUT2D eigenvalue weighted by molar-refractivity contribution is -0.175. The van der Waals surface area contributed by atoms with Crippen molar-refractivity contribution >= 4 is 29.3 Å². The number of nitrogens with zero attached hydrogens (tertiary/aromatic N) is 2. The predicted octanol–water partition coefficient (Wildman–Crippen LogP) is 2.70. The quantitative estimate of drug-likeness (QED) is 0.764. The first-order valence-electron chi connectivity index (χ1n) is 8.27. The van der Waals surface area contributed by atoms with E-state index in [0.29, 0.717) is 16.8 Å². The van der Waals surface area contributed by atoms with Crippen LogP contribution in [0.5, 0.6) is 0 Å². The first-order valence-corrected chi connectivity index (χ1v) is 8.65. The van der Waals surface area contributed by atoms with Crippen LogP contribution < -0.4 is 10.2 Å². The molecule has 0 spiro atoms. The number of benzene rings is 2. The molecule has 1 heterocycles. The Morgan fingerprint density at radius 2 is 2.07 bits per heavy atom. The van der Waals surface area contributed by atoms with Crippen LogP contribution in [-0.2, 0) is 16.1 Å². The minimum Gasteiger partial charge on any atom is -0.407 e. The minimum absolute atomic E-state index is 0.0973. The standard InChI is InChI=1S/C19H15ClFN3O4/c20-14-7-13(8-15(21)9-14)11-23-18(26)28-19(27)5-6-24(17(19)25)16-3-1-12(10-22)2-4-16/h1-4,7-9,27H,5-6,11H2,(H,23,26). The van der Waals surface area contributed by atoms with Crippen LogP contribution in [0.1, 0.15) is 17.5 Å². The molecule has 0 saturated carbocycles. The van der Waals surface area contributed by atoms with Crippen LogP contribution in [0.4, 0.5) is 14.9 Å². The Labute approximate surface area is 164 Å².